The van der Waals surface area contributed by atoms with Crippen molar-refractivity contribution in [2.24, 2.45) is 5.92 Å². The normalized spacial score (nSPS) is 17.5. The zero-order valence-electron chi connectivity index (χ0n) is 17.1. The number of aryl methyl sites for hydroxylation is 2. The summed E-state index contributed by atoms with van der Waals surface area (Å²) in [6, 6.07) is 3.86. The van der Waals surface area contributed by atoms with E-state index < -0.39 is 0 Å². The van der Waals surface area contributed by atoms with Gasteiger partial charge < -0.3 is 14.8 Å². The predicted octanol–water partition coefficient (Wildman–Crippen LogP) is 2.48. The molecule has 0 unspecified atom stereocenters. The molecule has 30 heavy (non-hydrogen) atoms. The van der Waals surface area contributed by atoms with Gasteiger partial charge in [-0.15, -0.1) is 0 Å². The Morgan fingerprint density at radius 3 is 2.87 bits per heavy atom. The molecule has 156 valence electrons. The minimum absolute atomic E-state index is 0.0361. The highest BCUT2D eigenvalue weighted by Crippen LogP contribution is 2.29. The molecule has 0 aliphatic carbocycles. The zero-order chi connectivity index (χ0) is 20.3. The number of nitrogens with zero attached hydrogens (tertiary/aromatic N) is 6. The molecule has 0 aromatic carbocycles. The fourth-order valence-corrected chi connectivity index (χ4v) is 4.55. The van der Waals surface area contributed by atoms with E-state index in [1.54, 1.807) is 18.7 Å². The van der Waals surface area contributed by atoms with E-state index in [2.05, 4.69) is 29.7 Å². The largest absolute Gasteiger partial charge is 0.355 e. The molecule has 1 saturated heterocycles. The zero-order valence-corrected chi connectivity index (χ0v) is 17.1. The molecule has 1 amide bonds. The summed E-state index contributed by atoms with van der Waals surface area (Å²) < 4.78 is 2.27. The number of anilines is 1. The predicted molar refractivity (Wildman–Crippen MR) is 114 cm³/mol. The van der Waals surface area contributed by atoms with Crippen LogP contribution >= 0.6 is 0 Å². The van der Waals surface area contributed by atoms with Crippen LogP contribution in [0.4, 0.5) is 5.82 Å². The summed E-state index contributed by atoms with van der Waals surface area (Å²) in [5, 5.41) is 3.05. The van der Waals surface area contributed by atoms with Gasteiger partial charge in [-0.25, -0.2) is 15.0 Å². The molecule has 5 heterocycles. The number of rotatable bonds is 4. The van der Waals surface area contributed by atoms with Crippen LogP contribution in [0.25, 0.3) is 11.2 Å². The number of fused-ring (bicyclic) bond motifs is 3. The first-order chi connectivity index (χ1) is 14.8. The number of hydrogen-bond donors (Lipinski definition) is 1. The van der Waals surface area contributed by atoms with Gasteiger partial charge in [-0.3, -0.25) is 9.78 Å². The molecule has 2 aliphatic rings. The van der Waals surface area contributed by atoms with Gasteiger partial charge in [0.1, 0.15) is 12.2 Å². The smallest absolute Gasteiger partial charge is 0.223 e. The van der Waals surface area contributed by atoms with E-state index in [4.69, 9.17) is 4.98 Å². The maximum Gasteiger partial charge on any atom is 0.223 e. The van der Waals surface area contributed by atoms with Crippen molar-refractivity contribution in [2.75, 3.05) is 18.0 Å². The van der Waals surface area contributed by atoms with Gasteiger partial charge in [0.05, 0.1) is 0 Å². The first kappa shape index (κ1) is 19.0. The summed E-state index contributed by atoms with van der Waals surface area (Å²) in [5.41, 5.74) is 2.88. The van der Waals surface area contributed by atoms with E-state index >= 15 is 0 Å². The summed E-state index contributed by atoms with van der Waals surface area (Å²) in [5.74, 6) is 2.21. The van der Waals surface area contributed by atoms with Crippen molar-refractivity contribution in [1.82, 2.24) is 29.8 Å². The fraction of sp³-hybridized carbons (Fsp3) is 0.500. The standard InChI is InChI=1S/C22H27N7O/c30-22(24-14-16-5-4-9-23-13-16)17-7-11-28(12-8-17)20-19-21(26-15-25-20)29-10-3-1-2-6-18(29)27-19/h4-5,9,13,15,17H,1-3,6-8,10-12,14H2,(H,24,30). The Kier molecular flexibility index (Phi) is 5.29. The van der Waals surface area contributed by atoms with Crippen molar-refractivity contribution in [3.63, 3.8) is 0 Å². The van der Waals surface area contributed by atoms with Crippen molar-refractivity contribution in [2.45, 2.75) is 51.6 Å². The van der Waals surface area contributed by atoms with Crippen molar-refractivity contribution in [1.29, 1.82) is 0 Å². The second-order valence-corrected chi connectivity index (χ2v) is 8.20. The second kappa shape index (κ2) is 8.38. The molecule has 0 spiro atoms. The quantitative estimate of drug-likeness (QED) is 0.717. The third-order valence-electron chi connectivity index (χ3n) is 6.23. The first-order valence-electron chi connectivity index (χ1n) is 10.9. The molecule has 1 N–H and O–H groups in total. The Hall–Kier alpha value is -3.03. The van der Waals surface area contributed by atoms with Crippen LogP contribution in [-0.4, -0.2) is 43.5 Å². The van der Waals surface area contributed by atoms with Crippen LogP contribution in [0.2, 0.25) is 0 Å². The number of piperidine rings is 1. The average molecular weight is 406 g/mol. The number of carbonyl (C=O) groups excluding carboxylic acids is 1. The molecular weight excluding hydrogens is 378 g/mol. The lowest BCUT2D eigenvalue weighted by atomic mass is 9.96. The fourth-order valence-electron chi connectivity index (χ4n) is 4.55. The van der Waals surface area contributed by atoms with E-state index in [1.807, 2.05) is 12.1 Å². The Balaban J connectivity index is 1.25. The average Bonchev–Trinajstić information content (AvgIpc) is 2.99. The maximum absolute atomic E-state index is 12.6. The Morgan fingerprint density at radius 1 is 1.13 bits per heavy atom. The number of aromatic nitrogens is 5. The van der Waals surface area contributed by atoms with Gasteiger partial charge in [0.25, 0.3) is 0 Å². The SMILES string of the molecule is O=C(NCc1cccnc1)C1CCN(c2ncnc3c2nc2n3CCCCC2)CC1. The molecule has 3 aromatic rings. The molecule has 0 atom stereocenters. The van der Waals surface area contributed by atoms with Crippen molar-refractivity contribution in [3.05, 3.63) is 42.2 Å². The molecule has 0 radical (unpaired) electrons. The Bertz CT molecular complexity index is 1020. The molecule has 8 heteroatoms. The highest BCUT2D eigenvalue weighted by Gasteiger charge is 2.28. The molecule has 0 saturated carbocycles. The first-order valence-corrected chi connectivity index (χ1v) is 10.9. The summed E-state index contributed by atoms with van der Waals surface area (Å²) >= 11 is 0. The van der Waals surface area contributed by atoms with Crippen molar-refractivity contribution in [3.8, 4) is 0 Å². The third-order valence-corrected chi connectivity index (χ3v) is 6.23. The minimum Gasteiger partial charge on any atom is -0.355 e. The number of nitrogens with one attached hydrogen (secondary N) is 1. The monoisotopic (exact) mass is 405 g/mol. The summed E-state index contributed by atoms with van der Waals surface area (Å²) in [6.45, 7) is 3.12. The van der Waals surface area contributed by atoms with Crippen LogP contribution in [0.3, 0.4) is 0 Å². The lowest BCUT2D eigenvalue weighted by Crippen LogP contribution is -2.40. The van der Waals surface area contributed by atoms with E-state index in [9.17, 15) is 4.79 Å². The van der Waals surface area contributed by atoms with Crippen LogP contribution in [0, 0.1) is 5.92 Å². The van der Waals surface area contributed by atoms with Gasteiger partial charge in [0, 0.05) is 50.9 Å². The number of pyridine rings is 1. The molecule has 1 fully saturated rings. The topological polar surface area (TPSA) is 88.8 Å². The summed E-state index contributed by atoms with van der Waals surface area (Å²) in [4.78, 5) is 33.0. The van der Waals surface area contributed by atoms with E-state index in [-0.39, 0.29) is 11.8 Å². The Labute approximate surface area is 175 Å². The highest BCUT2D eigenvalue weighted by molar-refractivity contribution is 5.84. The van der Waals surface area contributed by atoms with Crippen LogP contribution in [-0.2, 0) is 24.3 Å². The highest BCUT2D eigenvalue weighted by atomic mass is 16.1. The van der Waals surface area contributed by atoms with Gasteiger partial charge in [0.2, 0.25) is 5.91 Å². The number of hydrogen-bond acceptors (Lipinski definition) is 6. The van der Waals surface area contributed by atoms with Gasteiger partial charge in [-0.1, -0.05) is 12.5 Å². The summed E-state index contributed by atoms with van der Waals surface area (Å²) in [6.07, 6.45) is 11.4. The molecule has 2 aliphatic heterocycles. The van der Waals surface area contributed by atoms with Crippen LogP contribution in [0.1, 0.15) is 43.5 Å². The van der Waals surface area contributed by atoms with E-state index in [0.717, 1.165) is 67.3 Å². The third kappa shape index (κ3) is 3.74. The van der Waals surface area contributed by atoms with Crippen molar-refractivity contribution < 1.29 is 4.79 Å². The van der Waals surface area contributed by atoms with Gasteiger partial charge in [0.15, 0.2) is 17.0 Å². The molecule has 5 rings (SSSR count). The second-order valence-electron chi connectivity index (χ2n) is 8.20. The lowest BCUT2D eigenvalue weighted by molar-refractivity contribution is -0.125. The molecule has 8 nitrogen and oxygen atoms in total. The summed E-state index contributed by atoms with van der Waals surface area (Å²) in [7, 11) is 0. The minimum atomic E-state index is 0.0361. The van der Waals surface area contributed by atoms with Crippen LogP contribution in [0.5, 0.6) is 0 Å². The van der Waals surface area contributed by atoms with Crippen molar-refractivity contribution >= 4 is 22.9 Å². The molecule has 3 aromatic heterocycles. The maximum atomic E-state index is 12.6. The van der Waals surface area contributed by atoms with Gasteiger partial charge >= 0.3 is 0 Å². The van der Waals surface area contributed by atoms with E-state index in [1.165, 1.54) is 19.3 Å². The number of carbonyl (C=O) groups is 1. The lowest BCUT2D eigenvalue weighted by Gasteiger charge is -2.32. The van der Waals surface area contributed by atoms with Crippen LogP contribution in [0.15, 0.2) is 30.9 Å². The van der Waals surface area contributed by atoms with Gasteiger partial charge in [-0.2, -0.15) is 0 Å². The Morgan fingerprint density at radius 2 is 2.03 bits per heavy atom. The molecule has 0 bridgehead atoms. The number of imidazole rings is 1. The number of amides is 1. The molecular formula is C22H27N7O. The van der Waals surface area contributed by atoms with Crippen LogP contribution < -0.4 is 10.2 Å². The van der Waals surface area contributed by atoms with Gasteiger partial charge in [-0.05, 0) is 37.3 Å². The van der Waals surface area contributed by atoms with E-state index in [0.29, 0.717) is 6.54 Å².